The van der Waals surface area contributed by atoms with Crippen molar-refractivity contribution in [1.82, 2.24) is 4.31 Å². The van der Waals surface area contributed by atoms with Crippen LogP contribution in [0.15, 0.2) is 59.5 Å². The van der Waals surface area contributed by atoms with Crippen LogP contribution in [0.4, 0.5) is 5.69 Å². The largest absolute Gasteiger partial charge is 0.238 e. The Morgan fingerprint density at radius 2 is 1.78 bits per heavy atom. The number of sulfone groups is 1. The zero-order valence-corrected chi connectivity index (χ0v) is 16.4. The highest BCUT2D eigenvalue weighted by molar-refractivity contribution is 7.91. The van der Waals surface area contributed by atoms with Crippen molar-refractivity contribution in [2.45, 2.75) is 23.3 Å². The van der Waals surface area contributed by atoms with E-state index >= 15 is 0 Å². The fourth-order valence-electron chi connectivity index (χ4n) is 3.51. The normalized spacial score (nSPS) is 21.0. The third-order valence-electron chi connectivity index (χ3n) is 4.78. The Morgan fingerprint density at radius 1 is 1.07 bits per heavy atom. The van der Waals surface area contributed by atoms with Gasteiger partial charge in [-0.3, -0.25) is 0 Å². The molecule has 1 saturated heterocycles. The first kappa shape index (κ1) is 19.5. The van der Waals surface area contributed by atoms with E-state index < -0.39 is 25.9 Å². The Balaban J connectivity index is 1.90. The van der Waals surface area contributed by atoms with Crippen molar-refractivity contribution in [3.63, 3.8) is 0 Å². The number of sulfonamides is 1. The molecule has 0 radical (unpaired) electrons. The first-order valence-corrected chi connectivity index (χ1v) is 11.9. The van der Waals surface area contributed by atoms with Gasteiger partial charge < -0.3 is 0 Å². The number of hydrogen-bond acceptors (Lipinski definition) is 4. The summed E-state index contributed by atoms with van der Waals surface area (Å²) in [6, 6.07) is 14.7. The molecular weight excluding hydrogens is 384 g/mol. The van der Waals surface area contributed by atoms with Crippen LogP contribution >= 0.6 is 0 Å². The monoisotopic (exact) mass is 404 g/mol. The van der Waals surface area contributed by atoms with E-state index in [9.17, 15) is 16.8 Å². The van der Waals surface area contributed by atoms with Gasteiger partial charge in [-0.2, -0.15) is 4.31 Å². The van der Waals surface area contributed by atoms with Gasteiger partial charge in [0, 0.05) is 12.6 Å². The lowest BCUT2D eigenvalue weighted by atomic mass is 9.97. The lowest BCUT2D eigenvalue weighted by Crippen LogP contribution is -2.39. The molecule has 2 atom stereocenters. The maximum atomic E-state index is 12.8. The molecule has 1 aliphatic heterocycles. The molecule has 27 heavy (non-hydrogen) atoms. The van der Waals surface area contributed by atoms with Gasteiger partial charge in [0.2, 0.25) is 10.0 Å². The minimum atomic E-state index is -3.72. The first-order chi connectivity index (χ1) is 12.7. The molecule has 0 bridgehead atoms. The summed E-state index contributed by atoms with van der Waals surface area (Å²) in [5, 5.41) is 0. The molecule has 1 aliphatic rings. The summed E-state index contributed by atoms with van der Waals surface area (Å²) in [5.41, 5.74) is 1.24. The minimum Gasteiger partial charge on any atom is -0.238 e. The SMILES string of the molecule is [C-]#[N+]c1cccc(S(=O)(=O)CC2CC(c3ccccc3)CN2S(C)(=O)=O)c1. The van der Waals surface area contributed by atoms with Gasteiger partial charge in [0.1, 0.15) is 0 Å². The standard InChI is InChI=1S/C19H20N2O4S2/c1-20-17-9-6-10-19(12-17)27(24,25)14-18-11-16(13-21(18)26(2,22)23)15-7-4-3-5-8-15/h3-10,12,16,18H,11,13-14H2,2H3. The molecule has 1 fully saturated rings. The van der Waals surface area contributed by atoms with Crippen LogP contribution in [0.5, 0.6) is 0 Å². The van der Waals surface area contributed by atoms with Gasteiger partial charge in [0.05, 0.1) is 23.5 Å². The average molecular weight is 405 g/mol. The maximum Gasteiger partial charge on any atom is 0.211 e. The predicted molar refractivity (Wildman–Crippen MR) is 104 cm³/mol. The Labute approximate surface area is 160 Å². The molecule has 0 aromatic heterocycles. The highest BCUT2D eigenvalue weighted by atomic mass is 32.2. The highest BCUT2D eigenvalue weighted by Crippen LogP contribution is 2.35. The summed E-state index contributed by atoms with van der Waals surface area (Å²) < 4.78 is 51.5. The van der Waals surface area contributed by atoms with Crippen LogP contribution in [0.1, 0.15) is 17.9 Å². The number of benzene rings is 2. The van der Waals surface area contributed by atoms with Gasteiger partial charge >= 0.3 is 0 Å². The topological polar surface area (TPSA) is 75.9 Å². The van der Waals surface area contributed by atoms with Gasteiger partial charge in [-0.25, -0.2) is 21.7 Å². The van der Waals surface area contributed by atoms with Crippen molar-refractivity contribution < 1.29 is 16.8 Å². The van der Waals surface area contributed by atoms with E-state index in [0.29, 0.717) is 6.42 Å². The van der Waals surface area contributed by atoms with Gasteiger partial charge in [-0.1, -0.05) is 42.5 Å². The second-order valence-corrected chi connectivity index (χ2v) is 10.7. The third-order valence-corrected chi connectivity index (χ3v) is 7.87. The molecule has 2 unspecified atom stereocenters. The van der Waals surface area contributed by atoms with Gasteiger partial charge in [0.25, 0.3) is 0 Å². The minimum absolute atomic E-state index is 0.0456. The Hall–Kier alpha value is -2.21. The van der Waals surface area contributed by atoms with Gasteiger partial charge in [-0.15, -0.1) is 0 Å². The molecule has 0 aliphatic carbocycles. The highest BCUT2D eigenvalue weighted by Gasteiger charge is 2.40. The van der Waals surface area contributed by atoms with Crippen LogP contribution in [-0.2, 0) is 19.9 Å². The van der Waals surface area contributed by atoms with Crippen LogP contribution in [0.3, 0.4) is 0 Å². The summed E-state index contributed by atoms with van der Waals surface area (Å²) >= 11 is 0. The molecule has 3 rings (SSSR count). The van der Waals surface area contributed by atoms with Crippen LogP contribution in [-0.4, -0.2) is 45.7 Å². The second kappa shape index (κ2) is 7.43. The summed E-state index contributed by atoms with van der Waals surface area (Å²) in [6.45, 7) is 7.32. The van der Waals surface area contributed by atoms with E-state index in [2.05, 4.69) is 4.85 Å². The molecule has 0 saturated carbocycles. The molecule has 0 N–H and O–H groups in total. The van der Waals surface area contributed by atoms with Crippen LogP contribution in [0.2, 0.25) is 0 Å². The summed E-state index contributed by atoms with van der Waals surface area (Å²) in [4.78, 5) is 3.31. The Morgan fingerprint density at radius 3 is 2.41 bits per heavy atom. The smallest absolute Gasteiger partial charge is 0.211 e. The predicted octanol–water partition coefficient (Wildman–Crippen LogP) is 2.83. The lowest BCUT2D eigenvalue weighted by Gasteiger charge is -2.21. The molecule has 2 aromatic rings. The van der Waals surface area contributed by atoms with Crippen molar-refractivity contribution in [2.24, 2.45) is 0 Å². The second-order valence-electron chi connectivity index (χ2n) is 6.72. The van der Waals surface area contributed by atoms with E-state index in [-0.39, 0.29) is 28.8 Å². The molecule has 142 valence electrons. The Kier molecular flexibility index (Phi) is 5.38. The number of rotatable bonds is 5. The van der Waals surface area contributed by atoms with E-state index in [0.717, 1.165) is 11.8 Å². The molecular formula is C19H20N2O4S2. The third kappa shape index (κ3) is 4.38. The van der Waals surface area contributed by atoms with Crippen molar-refractivity contribution >= 4 is 25.5 Å². The molecule has 8 heteroatoms. The molecule has 0 amide bonds. The zero-order chi connectivity index (χ0) is 19.7. The maximum absolute atomic E-state index is 12.8. The van der Waals surface area contributed by atoms with Crippen molar-refractivity contribution in [1.29, 1.82) is 0 Å². The molecule has 1 heterocycles. The van der Waals surface area contributed by atoms with E-state index in [1.54, 1.807) is 0 Å². The van der Waals surface area contributed by atoms with Crippen molar-refractivity contribution in [3.05, 3.63) is 71.6 Å². The molecule has 6 nitrogen and oxygen atoms in total. The quantitative estimate of drug-likeness (QED) is 0.718. The number of nitrogens with zero attached hydrogens (tertiary/aromatic N) is 2. The Bertz CT molecular complexity index is 1070. The fourth-order valence-corrected chi connectivity index (χ4v) is 6.36. The lowest BCUT2D eigenvalue weighted by molar-refractivity contribution is 0.410. The molecule has 0 spiro atoms. The average Bonchev–Trinajstić information content (AvgIpc) is 3.06. The van der Waals surface area contributed by atoms with Crippen molar-refractivity contribution in [3.8, 4) is 0 Å². The first-order valence-electron chi connectivity index (χ1n) is 8.43. The van der Waals surface area contributed by atoms with E-state index in [4.69, 9.17) is 6.57 Å². The van der Waals surface area contributed by atoms with Crippen LogP contribution in [0, 0.1) is 6.57 Å². The summed E-state index contributed by atoms with van der Waals surface area (Å²) in [6.07, 6.45) is 1.55. The van der Waals surface area contributed by atoms with E-state index in [1.165, 1.54) is 28.6 Å². The van der Waals surface area contributed by atoms with Crippen molar-refractivity contribution in [2.75, 3.05) is 18.6 Å². The van der Waals surface area contributed by atoms with Crippen LogP contribution < -0.4 is 0 Å². The van der Waals surface area contributed by atoms with E-state index in [1.807, 2.05) is 30.3 Å². The zero-order valence-electron chi connectivity index (χ0n) is 14.8. The van der Waals surface area contributed by atoms with Gasteiger partial charge in [-0.05, 0) is 30.0 Å². The van der Waals surface area contributed by atoms with Gasteiger partial charge in [0.15, 0.2) is 15.5 Å². The summed E-state index contributed by atoms with van der Waals surface area (Å²) in [7, 11) is -7.26. The fraction of sp³-hybridized carbons (Fsp3) is 0.316. The van der Waals surface area contributed by atoms with Crippen LogP contribution in [0.25, 0.3) is 4.85 Å². The number of hydrogen-bond donors (Lipinski definition) is 0. The molecule has 2 aromatic carbocycles. The summed E-state index contributed by atoms with van der Waals surface area (Å²) in [5.74, 6) is -0.346.